The number of nitro groups is 1. The summed E-state index contributed by atoms with van der Waals surface area (Å²) in [7, 11) is 0. The van der Waals surface area contributed by atoms with E-state index >= 15 is 0 Å². The molecule has 0 saturated carbocycles. The minimum atomic E-state index is -0.459. The maximum absolute atomic E-state index is 11.1. The summed E-state index contributed by atoms with van der Waals surface area (Å²) >= 11 is 11.8. The first-order valence-corrected chi connectivity index (χ1v) is 7.27. The van der Waals surface area contributed by atoms with Gasteiger partial charge in [0.2, 0.25) is 0 Å². The van der Waals surface area contributed by atoms with Gasteiger partial charge in [0.15, 0.2) is 0 Å². The molecule has 1 aliphatic rings. The molecule has 0 aromatic heterocycles. The van der Waals surface area contributed by atoms with E-state index in [0.29, 0.717) is 23.2 Å². The number of nitrogens with one attached hydrogen (secondary N) is 1. The summed E-state index contributed by atoms with van der Waals surface area (Å²) in [5.41, 5.74) is 2.98. The number of halogens is 2. The number of anilines is 1. The zero-order chi connectivity index (χ0) is 15.0. The van der Waals surface area contributed by atoms with Gasteiger partial charge in [-0.1, -0.05) is 47.5 Å². The lowest BCUT2D eigenvalue weighted by Crippen LogP contribution is -2.24. The first-order chi connectivity index (χ1) is 10.1. The van der Waals surface area contributed by atoms with Crippen molar-refractivity contribution >= 4 is 34.6 Å². The van der Waals surface area contributed by atoms with Gasteiger partial charge in [0, 0.05) is 18.5 Å². The van der Waals surface area contributed by atoms with E-state index in [2.05, 4.69) is 17.4 Å². The molecule has 0 radical (unpaired) electrons. The first-order valence-electron chi connectivity index (χ1n) is 6.51. The fourth-order valence-electron chi connectivity index (χ4n) is 2.61. The van der Waals surface area contributed by atoms with Crippen LogP contribution in [-0.2, 0) is 6.42 Å². The SMILES string of the molecule is O=[N+]([O-])c1cc(Cl)c(Cl)cc1NCC1Cc2ccccc21. The quantitative estimate of drug-likeness (QED) is 0.658. The minimum absolute atomic E-state index is 0.0583. The Balaban J connectivity index is 1.77. The molecule has 0 heterocycles. The Kier molecular flexibility index (Phi) is 3.74. The third-order valence-electron chi connectivity index (χ3n) is 3.74. The van der Waals surface area contributed by atoms with Crippen molar-refractivity contribution in [1.29, 1.82) is 0 Å². The van der Waals surface area contributed by atoms with Crippen LogP contribution in [0.1, 0.15) is 17.0 Å². The van der Waals surface area contributed by atoms with Crippen LogP contribution in [0.3, 0.4) is 0 Å². The summed E-state index contributed by atoms with van der Waals surface area (Å²) in [4.78, 5) is 10.6. The van der Waals surface area contributed by atoms with Gasteiger partial charge in [0.05, 0.1) is 15.0 Å². The molecule has 1 atom stereocenters. The molecule has 3 rings (SSSR count). The average molecular weight is 323 g/mol. The molecule has 0 saturated heterocycles. The van der Waals surface area contributed by atoms with Gasteiger partial charge in [-0.05, 0) is 23.6 Å². The highest BCUT2D eigenvalue weighted by Gasteiger charge is 2.26. The molecule has 1 aliphatic carbocycles. The molecule has 0 aliphatic heterocycles. The summed E-state index contributed by atoms with van der Waals surface area (Å²) in [6.07, 6.45) is 0.984. The van der Waals surface area contributed by atoms with E-state index in [9.17, 15) is 10.1 Å². The van der Waals surface area contributed by atoms with Gasteiger partial charge in [-0.3, -0.25) is 10.1 Å². The normalized spacial score (nSPS) is 16.0. The minimum Gasteiger partial charge on any atom is -0.379 e. The van der Waals surface area contributed by atoms with E-state index in [-0.39, 0.29) is 10.7 Å². The van der Waals surface area contributed by atoms with E-state index in [4.69, 9.17) is 23.2 Å². The van der Waals surface area contributed by atoms with Crippen LogP contribution in [0.2, 0.25) is 10.0 Å². The number of benzene rings is 2. The van der Waals surface area contributed by atoms with E-state index in [1.54, 1.807) is 0 Å². The van der Waals surface area contributed by atoms with E-state index in [0.717, 1.165) is 6.42 Å². The van der Waals surface area contributed by atoms with Gasteiger partial charge in [-0.25, -0.2) is 0 Å². The number of nitrogens with zero attached hydrogens (tertiary/aromatic N) is 1. The summed E-state index contributed by atoms with van der Waals surface area (Å²) in [5.74, 6) is 0.371. The molecular weight excluding hydrogens is 311 g/mol. The predicted molar refractivity (Wildman–Crippen MR) is 84.5 cm³/mol. The van der Waals surface area contributed by atoms with Crippen molar-refractivity contribution < 1.29 is 4.92 Å². The lowest BCUT2D eigenvalue weighted by atomic mass is 9.77. The summed E-state index contributed by atoms with van der Waals surface area (Å²) in [6.45, 7) is 0.635. The Bertz CT molecular complexity index is 719. The zero-order valence-corrected chi connectivity index (χ0v) is 12.5. The number of nitro benzene ring substituents is 1. The van der Waals surface area contributed by atoms with Crippen molar-refractivity contribution in [3.05, 3.63) is 67.7 Å². The van der Waals surface area contributed by atoms with Gasteiger partial charge >= 0.3 is 0 Å². The standard InChI is InChI=1S/C15H12Cl2N2O2/c16-12-6-14(15(19(20)21)7-13(12)17)18-8-10-5-9-3-1-2-4-11(9)10/h1-4,6-7,10,18H,5,8H2. The molecule has 21 heavy (non-hydrogen) atoms. The fourth-order valence-corrected chi connectivity index (χ4v) is 2.93. The molecule has 0 bridgehead atoms. The smallest absolute Gasteiger partial charge is 0.293 e. The number of hydrogen-bond donors (Lipinski definition) is 1. The highest BCUT2D eigenvalue weighted by Crippen LogP contribution is 2.37. The highest BCUT2D eigenvalue weighted by atomic mass is 35.5. The largest absolute Gasteiger partial charge is 0.379 e. The van der Waals surface area contributed by atoms with Gasteiger partial charge in [-0.15, -0.1) is 0 Å². The van der Waals surface area contributed by atoms with Crippen molar-refractivity contribution in [2.75, 3.05) is 11.9 Å². The Morgan fingerprint density at radius 1 is 1.24 bits per heavy atom. The Hall–Kier alpha value is -1.78. The van der Waals surface area contributed by atoms with E-state index < -0.39 is 4.92 Å². The van der Waals surface area contributed by atoms with Gasteiger partial charge in [0.25, 0.3) is 5.69 Å². The molecule has 0 fully saturated rings. The van der Waals surface area contributed by atoms with E-state index in [1.165, 1.54) is 23.3 Å². The van der Waals surface area contributed by atoms with Crippen LogP contribution < -0.4 is 5.32 Å². The maximum Gasteiger partial charge on any atom is 0.293 e. The molecule has 2 aromatic rings. The van der Waals surface area contributed by atoms with Gasteiger partial charge < -0.3 is 5.32 Å². The van der Waals surface area contributed by atoms with Crippen LogP contribution in [0.4, 0.5) is 11.4 Å². The molecule has 0 spiro atoms. The highest BCUT2D eigenvalue weighted by molar-refractivity contribution is 6.42. The summed E-state index contributed by atoms with van der Waals surface area (Å²) < 4.78 is 0. The van der Waals surface area contributed by atoms with Crippen molar-refractivity contribution in [3.63, 3.8) is 0 Å². The van der Waals surface area contributed by atoms with Gasteiger partial charge in [0.1, 0.15) is 5.69 Å². The molecule has 4 nitrogen and oxygen atoms in total. The molecule has 1 unspecified atom stereocenters. The fraction of sp³-hybridized carbons (Fsp3) is 0.200. The average Bonchev–Trinajstić information content (AvgIpc) is 2.43. The third kappa shape index (κ3) is 2.69. The summed E-state index contributed by atoms with van der Waals surface area (Å²) in [6, 6.07) is 11.0. The van der Waals surface area contributed by atoms with Crippen LogP contribution in [0, 0.1) is 10.1 Å². The van der Waals surface area contributed by atoms with Crippen molar-refractivity contribution in [1.82, 2.24) is 0 Å². The predicted octanol–water partition coefficient (Wildman–Crippen LogP) is 4.65. The molecule has 6 heteroatoms. The third-order valence-corrected chi connectivity index (χ3v) is 4.46. The topological polar surface area (TPSA) is 55.2 Å². The van der Waals surface area contributed by atoms with Crippen molar-refractivity contribution in [2.45, 2.75) is 12.3 Å². The Morgan fingerprint density at radius 2 is 1.95 bits per heavy atom. The lowest BCUT2D eigenvalue weighted by Gasteiger charge is -2.30. The molecule has 2 aromatic carbocycles. The van der Waals surface area contributed by atoms with Crippen molar-refractivity contribution in [3.8, 4) is 0 Å². The van der Waals surface area contributed by atoms with Crippen LogP contribution in [0.5, 0.6) is 0 Å². The first kappa shape index (κ1) is 14.2. The zero-order valence-electron chi connectivity index (χ0n) is 11.0. The molecule has 108 valence electrons. The molecular formula is C15H12Cl2N2O2. The number of hydrogen-bond acceptors (Lipinski definition) is 3. The second-order valence-electron chi connectivity index (χ2n) is 5.02. The molecule has 1 N–H and O–H groups in total. The van der Waals surface area contributed by atoms with Crippen LogP contribution >= 0.6 is 23.2 Å². The second-order valence-corrected chi connectivity index (χ2v) is 5.84. The lowest BCUT2D eigenvalue weighted by molar-refractivity contribution is -0.383. The molecule has 0 amide bonds. The number of fused-ring (bicyclic) bond motifs is 1. The van der Waals surface area contributed by atoms with Crippen LogP contribution in [0.15, 0.2) is 36.4 Å². The monoisotopic (exact) mass is 322 g/mol. The Morgan fingerprint density at radius 3 is 2.67 bits per heavy atom. The van der Waals surface area contributed by atoms with Crippen molar-refractivity contribution in [2.24, 2.45) is 0 Å². The number of rotatable bonds is 4. The van der Waals surface area contributed by atoms with Crippen LogP contribution in [0.25, 0.3) is 0 Å². The summed E-state index contributed by atoms with van der Waals surface area (Å²) in [5, 5.41) is 14.7. The van der Waals surface area contributed by atoms with Crippen LogP contribution in [-0.4, -0.2) is 11.5 Å². The Labute approximate surface area is 131 Å². The second kappa shape index (κ2) is 5.54. The maximum atomic E-state index is 11.1. The van der Waals surface area contributed by atoms with E-state index in [1.807, 2.05) is 12.1 Å². The van der Waals surface area contributed by atoms with Gasteiger partial charge in [-0.2, -0.15) is 0 Å².